The highest BCUT2D eigenvalue weighted by atomic mass is 32.2. The van der Waals surface area contributed by atoms with Gasteiger partial charge in [-0.25, -0.2) is 0 Å². The molecule has 2 rings (SSSR count). The van der Waals surface area contributed by atoms with Crippen LogP contribution in [-0.2, 0) is 16.7 Å². The van der Waals surface area contributed by atoms with Crippen LogP contribution in [0.3, 0.4) is 0 Å². The van der Waals surface area contributed by atoms with E-state index in [9.17, 15) is 13.5 Å². The Balaban J connectivity index is 2.12. The van der Waals surface area contributed by atoms with Crippen LogP contribution < -0.4 is 5.32 Å². The molecule has 0 radical (unpaired) electrons. The summed E-state index contributed by atoms with van der Waals surface area (Å²) in [5.74, 6) is 0. The van der Waals surface area contributed by atoms with Crippen molar-refractivity contribution in [3.63, 3.8) is 0 Å². The van der Waals surface area contributed by atoms with Crippen LogP contribution in [0.15, 0.2) is 60.7 Å². The molecule has 2 aromatic rings. The van der Waals surface area contributed by atoms with Gasteiger partial charge in [0, 0.05) is 19.0 Å². The molecule has 0 aromatic heterocycles. The first kappa shape index (κ1) is 16.6. The van der Waals surface area contributed by atoms with Gasteiger partial charge in [-0.15, -0.1) is 0 Å². The van der Waals surface area contributed by atoms with Gasteiger partial charge in [0.05, 0.1) is 0 Å². The van der Waals surface area contributed by atoms with Gasteiger partial charge >= 0.3 is 0 Å². The van der Waals surface area contributed by atoms with E-state index in [1.54, 1.807) is 0 Å². The normalized spacial score (nSPS) is 14.5. The second-order valence-corrected chi connectivity index (χ2v) is 6.61. The Morgan fingerprint density at radius 3 is 2.05 bits per heavy atom. The van der Waals surface area contributed by atoms with Crippen molar-refractivity contribution >= 4 is 10.1 Å². The molecule has 0 aliphatic rings. The monoisotopic (exact) mass is 321 g/mol. The minimum Gasteiger partial charge on any atom is -0.375 e. The van der Waals surface area contributed by atoms with E-state index in [-0.39, 0.29) is 6.42 Å². The van der Waals surface area contributed by atoms with Crippen LogP contribution in [0.1, 0.15) is 23.6 Å². The molecule has 0 aliphatic heterocycles. The van der Waals surface area contributed by atoms with Gasteiger partial charge in [-0.2, -0.15) is 8.42 Å². The Labute approximate surface area is 130 Å². The number of benzene rings is 2. The second kappa shape index (κ2) is 7.51. The van der Waals surface area contributed by atoms with E-state index < -0.39 is 21.6 Å². The van der Waals surface area contributed by atoms with Gasteiger partial charge in [-0.3, -0.25) is 4.55 Å². The van der Waals surface area contributed by atoms with E-state index in [1.807, 2.05) is 60.7 Å². The Hall–Kier alpha value is -1.73. The average molecular weight is 321 g/mol. The zero-order valence-electron chi connectivity index (χ0n) is 12.0. The lowest BCUT2D eigenvalue weighted by atomic mass is 10.0. The average Bonchev–Trinajstić information content (AvgIpc) is 2.52. The number of rotatable bonds is 7. The maximum atomic E-state index is 11.1. The summed E-state index contributed by atoms with van der Waals surface area (Å²) >= 11 is 0. The molecule has 5 nitrogen and oxygen atoms in total. The predicted octanol–water partition coefficient (Wildman–Crippen LogP) is 2.11. The third kappa shape index (κ3) is 4.92. The van der Waals surface area contributed by atoms with E-state index in [2.05, 4.69) is 5.32 Å². The van der Waals surface area contributed by atoms with E-state index in [4.69, 9.17) is 4.55 Å². The Kier molecular flexibility index (Phi) is 5.68. The van der Waals surface area contributed by atoms with Crippen molar-refractivity contribution in [1.29, 1.82) is 0 Å². The molecule has 22 heavy (non-hydrogen) atoms. The summed E-state index contributed by atoms with van der Waals surface area (Å²) in [7, 11) is -4.47. The quantitative estimate of drug-likeness (QED) is 0.680. The van der Waals surface area contributed by atoms with Gasteiger partial charge in [0.25, 0.3) is 10.1 Å². The fourth-order valence-corrected chi connectivity index (χ4v) is 2.62. The van der Waals surface area contributed by atoms with Crippen molar-refractivity contribution in [3.05, 3.63) is 71.8 Å². The number of nitrogens with one attached hydrogen (secondary N) is 1. The van der Waals surface area contributed by atoms with Crippen LogP contribution in [-0.4, -0.2) is 23.5 Å². The molecule has 0 bridgehead atoms. The first-order valence-corrected chi connectivity index (χ1v) is 8.44. The van der Waals surface area contributed by atoms with Crippen LogP contribution in [0, 0.1) is 0 Å². The molecule has 0 aliphatic carbocycles. The van der Waals surface area contributed by atoms with Gasteiger partial charge in [0.15, 0.2) is 5.44 Å². The molecule has 118 valence electrons. The van der Waals surface area contributed by atoms with Crippen LogP contribution in [0.5, 0.6) is 0 Å². The summed E-state index contributed by atoms with van der Waals surface area (Å²) < 4.78 is 31.1. The number of aliphatic hydroxyl groups is 1. The molecule has 0 amide bonds. The summed E-state index contributed by atoms with van der Waals surface area (Å²) in [5, 5.41) is 12.9. The maximum absolute atomic E-state index is 11.1. The molecule has 6 heteroatoms. The summed E-state index contributed by atoms with van der Waals surface area (Å²) in [5.41, 5.74) is 0.0758. The molecule has 0 spiro atoms. The SMILES string of the molecule is O=S(=O)(O)C(O)CC(NCc1ccccc1)c1ccccc1. The third-order valence-corrected chi connectivity index (χ3v) is 4.26. The summed E-state index contributed by atoms with van der Waals surface area (Å²) in [6.45, 7) is 0.526. The number of hydrogen-bond acceptors (Lipinski definition) is 4. The van der Waals surface area contributed by atoms with Crippen LogP contribution in [0.2, 0.25) is 0 Å². The van der Waals surface area contributed by atoms with Gasteiger partial charge in [-0.1, -0.05) is 60.7 Å². The summed E-state index contributed by atoms with van der Waals surface area (Å²) in [4.78, 5) is 0. The first-order valence-electron chi connectivity index (χ1n) is 6.93. The minimum absolute atomic E-state index is 0.129. The molecule has 0 fully saturated rings. The second-order valence-electron chi connectivity index (χ2n) is 5.04. The topological polar surface area (TPSA) is 86.6 Å². The molecule has 0 saturated heterocycles. The van der Waals surface area contributed by atoms with E-state index >= 15 is 0 Å². The largest absolute Gasteiger partial charge is 0.375 e. The first-order chi connectivity index (χ1) is 10.5. The Morgan fingerprint density at radius 1 is 0.955 bits per heavy atom. The lowest BCUT2D eigenvalue weighted by molar-refractivity contribution is 0.206. The van der Waals surface area contributed by atoms with Crippen molar-refractivity contribution in [2.75, 3.05) is 0 Å². The van der Waals surface area contributed by atoms with Gasteiger partial charge in [0.2, 0.25) is 0 Å². The van der Waals surface area contributed by atoms with Gasteiger partial charge in [-0.05, 0) is 11.1 Å². The van der Waals surface area contributed by atoms with Crippen molar-refractivity contribution in [3.8, 4) is 0 Å². The van der Waals surface area contributed by atoms with Crippen LogP contribution in [0.25, 0.3) is 0 Å². The Bertz CT molecular complexity index is 674. The molecule has 2 aromatic carbocycles. The van der Waals surface area contributed by atoms with Gasteiger partial charge in [0.1, 0.15) is 0 Å². The summed E-state index contributed by atoms with van der Waals surface area (Å²) in [6.07, 6.45) is -0.129. The zero-order chi connectivity index (χ0) is 16.0. The smallest absolute Gasteiger partial charge is 0.292 e. The van der Waals surface area contributed by atoms with E-state index in [0.29, 0.717) is 6.54 Å². The fourth-order valence-electron chi connectivity index (χ4n) is 2.18. The summed E-state index contributed by atoms with van der Waals surface area (Å²) in [6, 6.07) is 18.5. The van der Waals surface area contributed by atoms with E-state index in [1.165, 1.54) is 0 Å². The number of hydrogen-bond donors (Lipinski definition) is 3. The molecule has 0 saturated carbocycles. The molecule has 2 unspecified atom stereocenters. The Morgan fingerprint density at radius 2 is 1.50 bits per heavy atom. The predicted molar refractivity (Wildman–Crippen MR) is 84.6 cm³/mol. The van der Waals surface area contributed by atoms with Crippen LogP contribution in [0.4, 0.5) is 0 Å². The molecular weight excluding hydrogens is 302 g/mol. The highest BCUT2D eigenvalue weighted by molar-refractivity contribution is 7.86. The number of aliphatic hydroxyl groups excluding tert-OH is 1. The van der Waals surface area contributed by atoms with Crippen molar-refractivity contribution in [2.45, 2.75) is 24.4 Å². The molecule has 2 atom stereocenters. The lowest BCUT2D eigenvalue weighted by Crippen LogP contribution is -2.29. The van der Waals surface area contributed by atoms with Crippen molar-refractivity contribution < 1.29 is 18.1 Å². The molecule has 3 N–H and O–H groups in total. The van der Waals surface area contributed by atoms with E-state index in [0.717, 1.165) is 11.1 Å². The lowest BCUT2D eigenvalue weighted by Gasteiger charge is -2.21. The zero-order valence-corrected chi connectivity index (χ0v) is 12.8. The van der Waals surface area contributed by atoms with Crippen molar-refractivity contribution in [1.82, 2.24) is 5.32 Å². The highest BCUT2D eigenvalue weighted by Crippen LogP contribution is 2.21. The molecular formula is C16H19NO4S. The highest BCUT2D eigenvalue weighted by Gasteiger charge is 2.24. The van der Waals surface area contributed by atoms with Crippen molar-refractivity contribution in [2.24, 2.45) is 0 Å². The standard InChI is InChI=1S/C16H19NO4S/c18-16(22(19,20)21)11-15(14-9-5-2-6-10-14)17-12-13-7-3-1-4-8-13/h1-10,15-18H,11-12H2,(H,19,20,21). The third-order valence-electron chi connectivity index (χ3n) is 3.38. The maximum Gasteiger partial charge on any atom is 0.292 e. The van der Waals surface area contributed by atoms with Gasteiger partial charge < -0.3 is 10.4 Å². The molecule has 0 heterocycles. The fraction of sp³-hybridized carbons (Fsp3) is 0.250. The van der Waals surface area contributed by atoms with Crippen LogP contribution >= 0.6 is 0 Å². The minimum atomic E-state index is -4.47.